The highest BCUT2D eigenvalue weighted by molar-refractivity contribution is 5.45. The molecule has 110 valence electrons. The summed E-state index contributed by atoms with van der Waals surface area (Å²) in [5.41, 5.74) is 1.26. The minimum absolute atomic E-state index is 0.328. The number of rotatable bonds is 6. The molecular formula is C16H24N2O2. The van der Waals surface area contributed by atoms with E-state index in [4.69, 9.17) is 9.47 Å². The fourth-order valence-corrected chi connectivity index (χ4v) is 3.00. The lowest BCUT2D eigenvalue weighted by molar-refractivity contribution is 0.173. The second-order valence-corrected chi connectivity index (χ2v) is 5.97. The van der Waals surface area contributed by atoms with E-state index in [9.17, 15) is 0 Å². The summed E-state index contributed by atoms with van der Waals surface area (Å²) in [7, 11) is 4.24. The Kier molecular flexibility index (Phi) is 4.13. The summed E-state index contributed by atoms with van der Waals surface area (Å²) in [4.78, 5) is 2.44. The van der Waals surface area contributed by atoms with Gasteiger partial charge in [-0.15, -0.1) is 0 Å². The van der Waals surface area contributed by atoms with Crippen molar-refractivity contribution in [3.8, 4) is 11.5 Å². The van der Waals surface area contributed by atoms with Crippen molar-refractivity contribution in [1.82, 2.24) is 10.2 Å². The van der Waals surface area contributed by atoms with Gasteiger partial charge in [0.25, 0.3) is 0 Å². The molecule has 1 saturated carbocycles. The minimum atomic E-state index is 0.328. The van der Waals surface area contributed by atoms with E-state index < -0.39 is 0 Å². The van der Waals surface area contributed by atoms with Gasteiger partial charge < -0.3 is 19.7 Å². The van der Waals surface area contributed by atoms with Crippen LogP contribution in [0.25, 0.3) is 0 Å². The molecule has 4 heteroatoms. The smallest absolute Gasteiger partial charge is 0.231 e. The zero-order chi connectivity index (χ0) is 13.9. The van der Waals surface area contributed by atoms with Crippen molar-refractivity contribution in [3.63, 3.8) is 0 Å². The van der Waals surface area contributed by atoms with Gasteiger partial charge in [-0.3, -0.25) is 0 Å². The minimum Gasteiger partial charge on any atom is -0.454 e. The van der Waals surface area contributed by atoms with Gasteiger partial charge in [0.1, 0.15) is 0 Å². The maximum atomic E-state index is 5.47. The van der Waals surface area contributed by atoms with Gasteiger partial charge in [0, 0.05) is 19.1 Å². The molecule has 20 heavy (non-hydrogen) atoms. The zero-order valence-electron chi connectivity index (χ0n) is 12.4. The Balaban J connectivity index is 1.63. The molecule has 3 rings (SSSR count). The molecule has 1 aliphatic carbocycles. The van der Waals surface area contributed by atoms with Crippen molar-refractivity contribution < 1.29 is 9.47 Å². The molecule has 1 N–H and O–H groups in total. The van der Waals surface area contributed by atoms with Gasteiger partial charge in [0.15, 0.2) is 11.5 Å². The Morgan fingerprint density at radius 1 is 1.30 bits per heavy atom. The highest BCUT2D eigenvalue weighted by Crippen LogP contribution is 2.34. The number of ether oxygens (including phenoxy) is 2. The summed E-state index contributed by atoms with van der Waals surface area (Å²) in [6, 6.07) is 6.56. The van der Waals surface area contributed by atoms with E-state index >= 15 is 0 Å². The molecule has 1 unspecified atom stereocenters. The number of fused-ring (bicyclic) bond motifs is 1. The first kappa shape index (κ1) is 13.7. The van der Waals surface area contributed by atoms with Gasteiger partial charge in [-0.1, -0.05) is 12.5 Å². The Bertz CT molecular complexity index is 460. The third-order valence-corrected chi connectivity index (χ3v) is 4.44. The second-order valence-electron chi connectivity index (χ2n) is 5.97. The molecule has 1 aromatic carbocycles. The lowest BCUT2D eigenvalue weighted by atomic mass is 9.85. The summed E-state index contributed by atoms with van der Waals surface area (Å²) in [5, 5.41) is 3.41. The fourth-order valence-electron chi connectivity index (χ4n) is 3.00. The van der Waals surface area contributed by atoms with E-state index in [1.165, 1.54) is 31.4 Å². The quantitative estimate of drug-likeness (QED) is 0.865. The molecule has 0 bridgehead atoms. The van der Waals surface area contributed by atoms with Crippen molar-refractivity contribution >= 4 is 0 Å². The zero-order valence-corrected chi connectivity index (χ0v) is 12.4. The maximum Gasteiger partial charge on any atom is 0.231 e. The van der Waals surface area contributed by atoms with Crippen LogP contribution in [0.4, 0.5) is 0 Å². The standard InChI is InChI=1S/C16H24N2O2/c1-17-14(10-18(2)9-12-4-3-5-12)13-6-7-15-16(8-13)20-11-19-15/h6-8,12,14,17H,3-5,9-11H2,1-2H3. The average molecular weight is 276 g/mol. The summed E-state index contributed by atoms with van der Waals surface area (Å²) < 4.78 is 10.8. The number of likely N-dealkylation sites (N-methyl/N-ethyl adjacent to an activating group) is 2. The second kappa shape index (κ2) is 6.02. The molecule has 0 saturated heterocycles. The van der Waals surface area contributed by atoms with Gasteiger partial charge in [-0.05, 0) is 50.6 Å². The topological polar surface area (TPSA) is 33.7 Å². The van der Waals surface area contributed by atoms with Crippen LogP contribution in [0.5, 0.6) is 11.5 Å². The monoisotopic (exact) mass is 276 g/mol. The molecule has 4 nitrogen and oxygen atoms in total. The summed E-state index contributed by atoms with van der Waals surface area (Å²) in [6.45, 7) is 2.57. The molecule has 1 aromatic rings. The lowest BCUT2D eigenvalue weighted by Gasteiger charge is -2.32. The first-order valence-electron chi connectivity index (χ1n) is 7.51. The Hall–Kier alpha value is -1.26. The number of benzene rings is 1. The van der Waals surface area contributed by atoms with Gasteiger partial charge in [0.05, 0.1) is 0 Å². The van der Waals surface area contributed by atoms with Crippen molar-refractivity contribution in [3.05, 3.63) is 23.8 Å². The third kappa shape index (κ3) is 2.91. The van der Waals surface area contributed by atoms with Crippen LogP contribution in [0.15, 0.2) is 18.2 Å². The summed E-state index contributed by atoms with van der Waals surface area (Å²) >= 11 is 0. The molecule has 1 fully saturated rings. The van der Waals surface area contributed by atoms with E-state index in [0.29, 0.717) is 12.8 Å². The fraction of sp³-hybridized carbons (Fsp3) is 0.625. The lowest BCUT2D eigenvalue weighted by Crippen LogP contribution is -2.35. The molecule has 0 spiro atoms. The van der Waals surface area contributed by atoms with Crippen LogP contribution in [0, 0.1) is 5.92 Å². The van der Waals surface area contributed by atoms with Gasteiger partial charge in [0.2, 0.25) is 6.79 Å². The van der Waals surface area contributed by atoms with Crippen LogP contribution in [-0.2, 0) is 0 Å². The van der Waals surface area contributed by atoms with Crippen molar-refractivity contribution in [2.75, 3.05) is 34.0 Å². The molecule has 0 aromatic heterocycles. The predicted octanol–water partition coefficient (Wildman–Crippen LogP) is 2.41. The van der Waals surface area contributed by atoms with E-state index in [-0.39, 0.29) is 0 Å². The number of nitrogens with zero attached hydrogens (tertiary/aromatic N) is 1. The largest absolute Gasteiger partial charge is 0.454 e. The SMILES string of the molecule is CNC(CN(C)CC1CCC1)c1ccc2c(c1)OCO2. The van der Waals surface area contributed by atoms with Gasteiger partial charge >= 0.3 is 0 Å². The van der Waals surface area contributed by atoms with E-state index in [0.717, 1.165) is 24.0 Å². The van der Waals surface area contributed by atoms with Crippen molar-refractivity contribution in [1.29, 1.82) is 0 Å². The average Bonchev–Trinajstić information content (AvgIpc) is 2.87. The van der Waals surface area contributed by atoms with Crippen LogP contribution in [-0.4, -0.2) is 38.9 Å². The van der Waals surface area contributed by atoms with E-state index in [1.54, 1.807) is 0 Å². The third-order valence-electron chi connectivity index (χ3n) is 4.44. The predicted molar refractivity (Wildman–Crippen MR) is 79.2 cm³/mol. The first-order valence-corrected chi connectivity index (χ1v) is 7.51. The number of hydrogen-bond acceptors (Lipinski definition) is 4. The summed E-state index contributed by atoms with van der Waals surface area (Å²) in [5.74, 6) is 2.63. The molecule has 1 heterocycles. The van der Waals surface area contributed by atoms with Crippen LogP contribution < -0.4 is 14.8 Å². The summed E-state index contributed by atoms with van der Waals surface area (Å²) in [6.07, 6.45) is 4.22. The number of nitrogens with one attached hydrogen (secondary N) is 1. The Morgan fingerprint density at radius 3 is 2.80 bits per heavy atom. The highest BCUT2D eigenvalue weighted by Gasteiger charge is 2.22. The van der Waals surface area contributed by atoms with Crippen molar-refractivity contribution in [2.24, 2.45) is 5.92 Å². The van der Waals surface area contributed by atoms with Crippen LogP contribution in [0.3, 0.4) is 0 Å². The molecular weight excluding hydrogens is 252 g/mol. The first-order chi connectivity index (χ1) is 9.76. The Morgan fingerprint density at radius 2 is 2.10 bits per heavy atom. The number of hydrogen-bond donors (Lipinski definition) is 1. The molecule has 0 amide bonds. The maximum absolute atomic E-state index is 5.47. The Labute approximate surface area is 121 Å². The molecule has 0 radical (unpaired) electrons. The highest BCUT2D eigenvalue weighted by atomic mass is 16.7. The van der Waals surface area contributed by atoms with Crippen LogP contribution in [0.2, 0.25) is 0 Å². The molecule has 2 aliphatic rings. The molecule has 1 atom stereocenters. The molecule has 1 aliphatic heterocycles. The van der Waals surface area contributed by atoms with E-state index in [1.807, 2.05) is 13.1 Å². The van der Waals surface area contributed by atoms with E-state index in [2.05, 4.69) is 29.4 Å². The normalized spacial score (nSPS) is 19.1. The van der Waals surface area contributed by atoms with Crippen LogP contribution in [0.1, 0.15) is 30.9 Å². The van der Waals surface area contributed by atoms with Crippen molar-refractivity contribution in [2.45, 2.75) is 25.3 Å². The van der Waals surface area contributed by atoms with Crippen LogP contribution >= 0.6 is 0 Å². The van der Waals surface area contributed by atoms with Gasteiger partial charge in [-0.2, -0.15) is 0 Å². The van der Waals surface area contributed by atoms with Gasteiger partial charge in [-0.25, -0.2) is 0 Å².